The van der Waals surface area contributed by atoms with Crippen molar-refractivity contribution in [2.45, 2.75) is 0 Å². The van der Waals surface area contributed by atoms with E-state index in [0.717, 1.165) is 61.2 Å². The van der Waals surface area contributed by atoms with E-state index in [1.165, 1.54) is 11.1 Å². The maximum atomic E-state index is 6.06. The van der Waals surface area contributed by atoms with E-state index >= 15 is 0 Å². The van der Waals surface area contributed by atoms with Gasteiger partial charge < -0.3 is 13.7 Å². The summed E-state index contributed by atoms with van der Waals surface area (Å²) in [6.07, 6.45) is 3.60. The van der Waals surface area contributed by atoms with Gasteiger partial charge in [-0.15, -0.1) is 0 Å². The van der Waals surface area contributed by atoms with Gasteiger partial charge in [-0.05, 0) is 83.9 Å². The summed E-state index contributed by atoms with van der Waals surface area (Å²) in [4.78, 5) is 11.4. The third kappa shape index (κ3) is 3.55. The van der Waals surface area contributed by atoms with Gasteiger partial charge in [-0.25, -0.2) is 0 Å². The fourth-order valence-corrected chi connectivity index (χ4v) is 5.33. The maximum absolute atomic E-state index is 6.06. The molecule has 5 nitrogen and oxygen atoms in total. The number of anilines is 3. The molecule has 0 unspecified atom stereocenters. The molecule has 0 atom stereocenters. The Bertz CT molecular complexity index is 2010. The molecule has 4 heterocycles. The number of aromatic nitrogens is 2. The van der Waals surface area contributed by atoms with E-state index in [9.17, 15) is 0 Å². The Morgan fingerprint density at radius 2 is 0.949 bits per heavy atom. The van der Waals surface area contributed by atoms with Crippen molar-refractivity contribution in [3.05, 3.63) is 128 Å². The minimum Gasteiger partial charge on any atom is -0.454 e. The van der Waals surface area contributed by atoms with E-state index < -0.39 is 0 Å². The summed E-state index contributed by atoms with van der Waals surface area (Å²) in [5, 5.41) is 1.95. The van der Waals surface area contributed by atoms with E-state index in [2.05, 4.69) is 87.7 Å². The lowest BCUT2D eigenvalue weighted by molar-refractivity contribution is 0.668. The van der Waals surface area contributed by atoms with Crippen molar-refractivity contribution in [3.8, 4) is 11.1 Å². The Morgan fingerprint density at radius 3 is 1.51 bits per heavy atom. The number of rotatable bonds is 4. The summed E-state index contributed by atoms with van der Waals surface area (Å²) in [5.41, 5.74) is 10.3. The predicted octanol–water partition coefficient (Wildman–Crippen LogP) is 9.41. The van der Waals surface area contributed by atoms with Crippen LogP contribution in [-0.4, -0.2) is 9.97 Å². The topological polar surface area (TPSA) is 55.3 Å². The smallest absolute Gasteiger partial charge is 0.153 e. The zero-order chi connectivity index (χ0) is 25.8. The van der Waals surface area contributed by atoms with Gasteiger partial charge in [-0.3, -0.25) is 9.97 Å². The molecule has 5 heteroatoms. The van der Waals surface area contributed by atoms with E-state index in [0.29, 0.717) is 0 Å². The van der Waals surface area contributed by atoms with Crippen molar-refractivity contribution in [2.75, 3.05) is 4.90 Å². The summed E-state index contributed by atoms with van der Waals surface area (Å²) in [7, 11) is 0. The summed E-state index contributed by atoms with van der Waals surface area (Å²) >= 11 is 0. The van der Waals surface area contributed by atoms with Crippen LogP contribution in [-0.2, 0) is 0 Å². The summed E-state index contributed by atoms with van der Waals surface area (Å²) in [5.74, 6) is 0. The van der Waals surface area contributed by atoms with E-state index in [1.807, 2.05) is 42.5 Å². The maximum Gasteiger partial charge on any atom is 0.153 e. The van der Waals surface area contributed by atoms with Gasteiger partial charge in [0.15, 0.2) is 11.2 Å². The van der Waals surface area contributed by atoms with Gasteiger partial charge in [0, 0.05) is 40.2 Å². The summed E-state index contributed by atoms with van der Waals surface area (Å²) in [6, 6.07) is 39.3. The standard InChI is InChI=1S/C34H21N3O2/c1-2-6-22(7-3-1)23-10-12-24(13-11-23)37(25-14-16-29-27(20-25)33-31(38-29)8-4-18-35-33)26-15-17-30-28(21-26)34-32(39-30)9-5-19-36-34/h1-21H. The van der Waals surface area contributed by atoms with Gasteiger partial charge in [0.2, 0.25) is 0 Å². The highest BCUT2D eigenvalue weighted by atomic mass is 16.3. The zero-order valence-corrected chi connectivity index (χ0v) is 20.8. The molecule has 0 aliphatic carbocycles. The number of hydrogen-bond acceptors (Lipinski definition) is 5. The second-order valence-corrected chi connectivity index (χ2v) is 9.51. The van der Waals surface area contributed by atoms with Crippen molar-refractivity contribution >= 4 is 61.2 Å². The quantitative estimate of drug-likeness (QED) is 0.239. The lowest BCUT2D eigenvalue weighted by Gasteiger charge is -2.26. The van der Waals surface area contributed by atoms with Gasteiger partial charge in [-0.1, -0.05) is 42.5 Å². The summed E-state index contributed by atoms with van der Waals surface area (Å²) < 4.78 is 12.1. The first-order chi connectivity index (χ1) is 19.3. The summed E-state index contributed by atoms with van der Waals surface area (Å²) in [6.45, 7) is 0. The highest BCUT2D eigenvalue weighted by Crippen LogP contribution is 2.40. The normalized spacial score (nSPS) is 11.6. The first-order valence-corrected chi connectivity index (χ1v) is 12.8. The fourth-order valence-electron chi connectivity index (χ4n) is 5.33. The van der Waals surface area contributed by atoms with Gasteiger partial charge in [0.25, 0.3) is 0 Å². The molecular weight excluding hydrogens is 482 g/mol. The Morgan fingerprint density at radius 1 is 0.436 bits per heavy atom. The molecule has 39 heavy (non-hydrogen) atoms. The Kier molecular flexibility index (Phi) is 4.76. The van der Waals surface area contributed by atoms with Crippen molar-refractivity contribution in [1.29, 1.82) is 0 Å². The number of fused-ring (bicyclic) bond motifs is 6. The number of nitrogens with zero attached hydrogens (tertiary/aromatic N) is 3. The van der Waals surface area contributed by atoms with Crippen LogP contribution >= 0.6 is 0 Å². The minimum atomic E-state index is 0.778. The van der Waals surface area contributed by atoms with E-state index in [1.54, 1.807) is 12.4 Å². The average molecular weight is 504 g/mol. The highest BCUT2D eigenvalue weighted by Gasteiger charge is 2.18. The Labute approximate surface area is 223 Å². The molecule has 8 aromatic rings. The van der Waals surface area contributed by atoms with Crippen LogP contribution in [0, 0.1) is 0 Å². The third-order valence-corrected chi connectivity index (χ3v) is 7.17. The van der Waals surface area contributed by atoms with Crippen LogP contribution in [0.25, 0.3) is 55.3 Å². The van der Waals surface area contributed by atoms with Gasteiger partial charge in [0.1, 0.15) is 22.2 Å². The predicted molar refractivity (Wildman–Crippen MR) is 157 cm³/mol. The molecule has 0 amide bonds. The van der Waals surface area contributed by atoms with E-state index in [4.69, 9.17) is 8.83 Å². The molecule has 0 bridgehead atoms. The fraction of sp³-hybridized carbons (Fsp3) is 0. The SMILES string of the molecule is c1ccc(-c2ccc(N(c3ccc4oc5cccnc5c4c3)c3ccc4oc5cccnc5c4c3)cc2)cc1. The number of hydrogen-bond donors (Lipinski definition) is 0. The van der Waals surface area contributed by atoms with Crippen LogP contribution in [0.1, 0.15) is 0 Å². The molecular formula is C34H21N3O2. The molecule has 0 saturated heterocycles. The molecule has 0 saturated carbocycles. The molecule has 0 radical (unpaired) electrons. The molecule has 0 N–H and O–H groups in total. The monoisotopic (exact) mass is 503 g/mol. The first-order valence-electron chi connectivity index (χ1n) is 12.8. The molecule has 8 rings (SSSR count). The molecule has 4 aromatic carbocycles. The van der Waals surface area contributed by atoms with Crippen LogP contribution in [0.5, 0.6) is 0 Å². The second-order valence-electron chi connectivity index (χ2n) is 9.51. The first kappa shape index (κ1) is 21.6. The molecule has 0 fully saturated rings. The minimum absolute atomic E-state index is 0.778. The second kappa shape index (κ2) is 8.57. The van der Waals surface area contributed by atoms with Crippen LogP contribution in [0.15, 0.2) is 136 Å². The molecule has 0 spiro atoms. The van der Waals surface area contributed by atoms with Gasteiger partial charge in [-0.2, -0.15) is 0 Å². The van der Waals surface area contributed by atoms with Crippen LogP contribution in [0.2, 0.25) is 0 Å². The van der Waals surface area contributed by atoms with Crippen LogP contribution < -0.4 is 4.90 Å². The van der Waals surface area contributed by atoms with Crippen LogP contribution in [0.4, 0.5) is 17.1 Å². The highest BCUT2D eigenvalue weighted by molar-refractivity contribution is 6.06. The largest absolute Gasteiger partial charge is 0.454 e. The van der Waals surface area contributed by atoms with Crippen molar-refractivity contribution < 1.29 is 8.83 Å². The average Bonchev–Trinajstić information content (AvgIpc) is 3.56. The number of pyridine rings is 2. The van der Waals surface area contributed by atoms with Gasteiger partial charge in [0.05, 0.1) is 0 Å². The lowest BCUT2D eigenvalue weighted by Crippen LogP contribution is -2.09. The molecule has 4 aromatic heterocycles. The van der Waals surface area contributed by atoms with Crippen molar-refractivity contribution in [1.82, 2.24) is 9.97 Å². The molecule has 0 aliphatic heterocycles. The number of furan rings is 2. The zero-order valence-electron chi connectivity index (χ0n) is 20.8. The van der Waals surface area contributed by atoms with Gasteiger partial charge >= 0.3 is 0 Å². The Balaban J connectivity index is 1.33. The van der Waals surface area contributed by atoms with Crippen molar-refractivity contribution in [3.63, 3.8) is 0 Å². The van der Waals surface area contributed by atoms with E-state index in [-0.39, 0.29) is 0 Å². The lowest BCUT2D eigenvalue weighted by atomic mass is 10.0. The van der Waals surface area contributed by atoms with Crippen molar-refractivity contribution in [2.24, 2.45) is 0 Å². The van der Waals surface area contributed by atoms with Crippen LogP contribution in [0.3, 0.4) is 0 Å². The Hall–Kier alpha value is -5.42. The molecule has 184 valence electrons. The third-order valence-electron chi connectivity index (χ3n) is 7.17. The number of benzene rings is 4. The molecule has 0 aliphatic rings.